The van der Waals surface area contributed by atoms with Crippen LogP contribution in [0, 0.1) is 0 Å². The van der Waals surface area contributed by atoms with Gasteiger partial charge in [-0.25, -0.2) is 4.98 Å². The molecule has 1 aromatic heterocycles. The van der Waals surface area contributed by atoms with Gasteiger partial charge in [0.2, 0.25) is 0 Å². The van der Waals surface area contributed by atoms with E-state index in [4.69, 9.17) is 11.6 Å². The SMILES string of the molecule is CCCCNC(=O)c1cccc(-n2ccnc2SCC(=O)c2ccc(Cl)cc2)c1. The molecule has 1 amide bonds. The lowest BCUT2D eigenvalue weighted by atomic mass is 10.1. The second kappa shape index (κ2) is 10.3. The summed E-state index contributed by atoms with van der Waals surface area (Å²) in [5.74, 6) is 0.174. The van der Waals surface area contributed by atoms with Gasteiger partial charge in [0.05, 0.1) is 5.75 Å². The van der Waals surface area contributed by atoms with Crippen LogP contribution in [0.1, 0.15) is 40.5 Å². The minimum atomic E-state index is -0.0902. The van der Waals surface area contributed by atoms with Crippen molar-refractivity contribution in [2.75, 3.05) is 12.3 Å². The fourth-order valence-corrected chi connectivity index (χ4v) is 3.71. The Balaban J connectivity index is 1.69. The predicted octanol–water partition coefficient (Wildman–Crippen LogP) is 5.03. The van der Waals surface area contributed by atoms with Crippen LogP contribution >= 0.6 is 23.4 Å². The molecule has 0 fully saturated rings. The van der Waals surface area contributed by atoms with E-state index in [2.05, 4.69) is 17.2 Å². The summed E-state index contributed by atoms with van der Waals surface area (Å²) in [6.07, 6.45) is 5.49. The van der Waals surface area contributed by atoms with E-state index < -0.39 is 0 Å². The van der Waals surface area contributed by atoms with Gasteiger partial charge in [0, 0.05) is 40.8 Å². The second-order valence-electron chi connectivity index (χ2n) is 6.46. The van der Waals surface area contributed by atoms with E-state index in [0.717, 1.165) is 18.5 Å². The molecule has 0 aliphatic rings. The Morgan fingerprint density at radius 2 is 1.93 bits per heavy atom. The Hall–Kier alpha value is -2.57. The molecule has 3 rings (SSSR count). The van der Waals surface area contributed by atoms with Gasteiger partial charge in [-0.1, -0.05) is 42.8 Å². The number of halogens is 1. The molecule has 0 aliphatic carbocycles. The first-order valence-corrected chi connectivity index (χ1v) is 10.8. The third-order valence-electron chi connectivity index (χ3n) is 4.31. The van der Waals surface area contributed by atoms with Crippen LogP contribution in [0.4, 0.5) is 0 Å². The number of hydrogen-bond acceptors (Lipinski definition) is 4. The summed E-state index contributed by atoms with van der Waals surface area (Å²) in [7, 11) is 0. The zero-order valence-corrected chi connectivity index (χ0v) is 17.7. The van der Waals surface area contributed by atoms with Gasteiger partial charge in [-0.05, 0) is 48.9 Å². The molecule has 3 aromatic rings. The fraction of sp³-hybridized carbons (Fsp3) is 0.227. The van der Waals surface area contributed by atoms with Crippen molar-refractivity contribution in [1.82, 2.24) is 14.9 Å². The Labute approximate surface area is 179 Å². The molecule has 0 atom stereocenters. The van der Waals surface area contributed by atoms with Gasteiger partial charge in [-0.2, -0.15) is 0 Å². The number of imidazole rings is 1. The van der Waals surface area contributed by atoms with Crippen LogP contribution in [0.15, 0.2) is 66.1 Å². The minimum Gasteiger partial charge on any atom is -0.352 e. The monoisotopic (exact) mass is 427 g/mol. The molecule has 0 saturated heterocycles. The Kier molecular flexibility index (Phi) is 7.49. The number of ketones is 1. The van der Waals surface area contributed by atoms with E-state index in [-0.39, 0.29) is 17.4 Å². The van der Waals surface area contributed by atoms with Crippen LogP contribution in [0.5, 0.6) is 0 Å². The van der Waals surface area contributed by atoms with E-state index in [0.29, 0.717) is 27.9 Å². The Morgan fingerprint density at radius 1 is 1.14 bits per heavy atom. The molecule has 1 N–H and O–H groups in total. The Morgan fingerprint density at radius 3 is 2.69 bits per heavy atom. The second-order valence-corrected chi connectivity index (χ2v) is 7.84. The first kappa shape index (κ1) is 21.1. The van der Waals surface area contributed by atoms with Gasteiger partial charge in [0.1, 0.15) is 0 Å². The van der Waals surface area contributed by atoms with Crippen LogP contribution < -0.4 is 5.32 Å². The van der Waals surface area contributed by atoms with Gasteiger partial charge in [-0.3, -0.25) is 14.2 Å². The number of benzene rings is 2. The zero-order valence-electron chi connectivity index (χ0n) is 16.1. The molecular weight excluding hydrogens is 406 g/mol. The maximum absolute atomic E-state index is 12.4. The maximum atomic E-state index is 12.4. The first-order chi connectivity index (χ1) is 14.1. The van der Waals surface area contributed by atoms with Crippen molar-refractivity contribution in [2.45, 2.75) is 24.9 Å². The number of rotatable bonds is 9. The van der Waals surface area contributed by atoms with Crippen molar-refractivity contribution in [3.8, 4) is 5.69 Å². The van der Waals surface area contributed by atoms with Crippen molar-refractivity contribution < 1.29 is 9.59 Å². The molecule has 1 heterocycles. The molecule has 0 saturated carbocycles. The van der Waals surface area contributed by atoms with Gasteiger partial charge in [-0.15, -0.1) is 0 Å². The standard InChI is InChI=1S/C22H22ClN3O2S/c1-2-3-11-24-21(28)17-5-4-6-19(14-17)26-13-12-25-22(26)29-15-20(27)16-7-9-18(23)10-8-16/h4-10,12-14H,2-3,11,15H2,1H3,(H,24,28). The zero-order chi connectivity index (χ0) is 20.6. The molecule has 2 aromatic carbocycles. The number of aromatic nitrogens is 2. The number of amides is 1. The average Bonchev–Trinajstić information content (AvgIpc) is 3.21. The van der Waals surface area contributed by atoms with E-state index >= 15 is 0 Å². The summed E-state index contributed by atoms with van der Waals surface area (Å²) in [5.41, 5.74) is 2.04. The summed E-state index contributed by atoms with van der Waals surface area (Å²) in [4.78, 5) is 29.1. The summed E-state index contributed by atoms with van der Waals surface area (Å²) in [6, 6.07) is 14.2. The third kappa shape index (κ3) is 5.71. The number of hydrogen-bond donors (Lipinski definition) is 1. The molecule has 29 heavy (non-hydrogen) atoms. The minimum absolute atomic E-state index is 0.00488. The van der Waals surface area contributed by atoms with Crippen LogP contribution in [-0.2, 0) is 0 Å². The normalized spacial score (nSPS) is 10.7. The average molecular weight is 428 g/mol. The largest absolute Gasteiger partial charge is 0.352 e. The molecule has 7 heteroatoms. The van der Waals surface area contributed by atoms with Crippen molar-refractivity contribution in [2.24, 2.45) is 0 Å². The molecule has 0 spiro atoms. The van der Waals surface area contributed by atoms with Crippen molar-refractivity contribution in [3.63, 3.8) is 0 Å². The predicted molar refractivity (Wildman–Crippen MR) is 117 cm³/mol. The van der Waals surface area contributed by atoms with E-state index in [1.807, 2.05) is 29.0 Å². The van der Waals surface area contributed by atoms with Gasteiger partial charge < -0.3 is 5.32 Å². The summed E-state index contributed by atoms with van der Waals surface area (Å²) >= 11 is 7.23. The Bertz CT molecular complexity index is 986. The van der Waals surface area contributed by atoms with Crippen molar-refractivity contribution >= 4 is 35.1 Å². The number of carbonyl (C=O) groups is 2. The number of Topliss-reactive ketones (excluding diaryl/α,β-unsaturated/α-hetero) is 1. The van der Waals surface area contributed by atoms with Crippen LogP contribution in [0.3, 0.4) is 0 Å². The number of carbonyl (C=O) groups excluding carboxylic acids is 2. The van der Waals surface area contributed by atoms with Crippen LogP contribution in [0.25, 0.3) is 5.69 Å². The summed E-state index contributed by atoms with van der Waals surface area (Å²) in [5, 5.41) is 4.22. The topological polar surface area (TPSA) is 64.0 Å². The highest BCUT2D eigenvalue weighted by atomic mass is 35.5. The van der Waals surface area contributed by atoms with E-state index in [9.17, 15) is 9.59 Å². The van der Waals surface area contributed by atoms with E-state index in [1.165, 1.54) is 11.8 Å². The number of nitrogens with one attached hydrogen (secondary N) is 1. The number of nitrogens with zero attached hydrogens (tertiary/aromatic N) is 2. The highest BCUT2D eigenvalue weighted by Gasteiger charge is 2.12. The lowest BCUT2D eigenvalue weighted by molar-refractivity contribution is 0.0952. The van der Waals surface area contributed by atoms with Crippen molar-refractivity contribution in [3.05, 3.63) is 77.1 Å². The maximum Gasteiger partial charge on any atom is 0.251 e. The molecule has 0 aliphatic heterocycles. The molecule has 5 nitrogen and oxygen atoms in total. The summed E-state index contributed by atoms with van der Waals surface area (Å²) < 4.78 is 1.88. The smallest absolute Gasteiger partial charge is 0.251 e. The molecule has 0 unspecified atom stereocenters. The van der Waals surface area contributed by atoms with Gasteiger partial charge in [0.15, 0.2) is 10.9 Å². The lowest BCUT2D eigenvalue weighted by Gasteiger charge is -2.10. The highest BCUT2D eigenvalue weighted by Crippen LogP contribution is 2.22. The van der Waals surface area contributed by atoms with E-state index in [1.54, 1.807) is 36.5 Å². The van der Waals surface area contributed by atoms with Crippen LogP contribution in [0.2, 0.25) is 5.02 Å². The number of thioether (sulfide) groups is 1. The molecular formula is C22H22ClN3O2S. The quantitative estimate of drug-likeness (QED) is 0.295. The van der Waals surface area contributed by atoms with Crippen molar-refractivity contribution in [1.29, 1.82) is 0 Å². The molecule has 0 radical (unpaired) electrons. The van der Waals surface area contributed by atoms with Crippen LogP contribution in [-0.4, -0.2) is 33.5 Å². The highest BCUT2D eigenvalue weighted by molar-refractivity contribution is 7.99. The van der Waals surface area contributed by atoms with Gasteiger partial charge >= 0.3 is 0 Å². The fourth-order valence-electron chi connectivity index (χ4n) is 2.72. The third-order valence-corrected chi connectivity index (χ3v) is 5.53. The molecule has 0 bridgehead atoms. The first-order valence-electron chi connectivity index (χ1n) is 9.42. The van der Waals surface area contributed by atoms with Gasteiger partial charge in [0.25, 0.3) is 5.91 Å². The lowest BCUT2D eigenvalue weighted by Crippen LogP contribution is -2.24. The summed E-state index contributed by atoms with van der Waals surface area (Å²) in [6.45, 7) is 2.75. The number of unbranched alkanes of at least 4 members (excludes halogenated alkanes) is 1. The molecule has 150 valence electrons.